The molecule has 0 saturated heterocycles. The number of hydrogen-bond acceptors (Lipinski definition) is 4. The average molecular weight is 227 g/mol. The van der Waals surface area contributed by atoms with Gasteiger partial charge in [-0.15, -0.1) is 11.3 Å². The predicted octanol–water partition coefficient (Wildman–Crippen LogP) is 1.13. The van der Waals surface area contributed by atoms with Crippen LogP contribution in [-0.4, -0.2) is 42.5 Å². The van der Waals surface area contributed by atoms with Crippen molar-refractivity contribution in [2.75, 3.05) is 20.6 Å². The number of nitrogens with zero attached hydrogens (tertiary/aromatic N) is 2. The number of likely N-dealkylation sites (N-methyl/N-ethyl adjacent to an activating group) is 1. The average Bonchev–Trinajstić information content (AvgIpc) is 2.60. The van der Waals surface area contributed by atoms with Gasteiger partial charge in [0.15, 0.2) is 0 Å². The highest BCUT2D eigenvalue weighted by Crippen LogP contribution is 2.11. The van der Waals surface area contributed by atoms with Crippen LogP contribution in [0.4, 0.5) is 0 Å². The van der Waals surface area contributed by atoms with Crippen LogP contribution in [0.5, 0.6) is 0 Å². The minimum absolute atomic E-state index is 0.0244. The van der Waals surface area contributed by atoms with E-state index in [0.29, 0.717) is 17.5 Å². The fraction of sp³-hybridized carbons (Fsp3) is 0.600. The summed E-state index contributed by atoms with van der Waals surface area (Å²) >= 11 is 1.38. The number of carbonyl (C=O) groups excluding carboxylic acids is 1. The lowest BCUT2D eigenvalue weighted by Gasteiger charge is -2.19. The Morgan fingerprint density at radius 2 is 2.33 bits per heavy atom. The van der Waals surface area contributed by atoms with Crippen molar-refractivity contribution in [3.05, 3.63) is 16.1 Å². The molecule has 1 unspecified atom stereocenters. The van der Waals surface area contributed by atoms with Crippen LogP contribution in [0, 0.1) is 6.92 Å². The predicted molar refractivity (Wildman–Crippen MR) is 62.3 cm³/mol. The number of nitrogens with one attached hydrogen (secondary N) is 1. The molecule has 0 spiro atoms. The molecule has 84 valence electrons. The van der Waals surface area contributed by atoms with Crippen molar-refractivity contribution >= 4 is 17.2 Å². The van der Waals surface area contributed by atoms with E-state index in [1.807, 2.05) is 21.0 Å². The first-order valence-electron chi connectivity index (χ1n) is 4.87. The molecule has 0 radical (unpaired) electrons. The molecule has 15 heavy (non-hydrogen) atoms. The van der Waals surface area contributed by atoms with Crippen LogP contribution in [0.15, 0.2) is 5.51 Å². The third kappa shape index (κ3) is 3.28. The molecule has 0 aliphatic carbocycles. The van der Waals surface area contributed by atoms with Crippen LogP contribution in [0.2, 0.25) is 0 Å². The van der Waals surface area contributed by atoms with Gasteiger partial charge in [0.05, 0.1) is 11.2 Å². The van der Waals surface area contributed by atoms with Gasteiger partial charge in [-0.05, 0) is 27.9 Å². The Morgan fingerprint density at radius 1 is 1.67 bits per heavy atom. The second-order valence-corrected chi connectivity index (χ2v) is 4.64. The Balaban J connectivity index is 2.47. The Labute approximate surface area is 94.3 Å². The van der Waals surface area contributed by atoms with E-state index in [1.54, 1.807) is 5.51 Å². The SMILES string of the molecule is Cc1ncsc1C(=O)NCC(C)N(C)C. The first-order valence-corrected chi connectivity index (χ1v) is 5.75. The monoisotopic (exact) mass is 227 g/mol. The van der Waals surface area contributed by atoms with Gasteiger partial charge < -0.3 is 10.2 Å². The van der Waals surface area contributed by atoms with Crippen molar-refractivity contribution < 1.29 is 4.79 Å². The number of hydrogen-bond donors (Lipinski definition) is 1. The molecule has 0 aromatic carbocycles. The van der Waals surface area contributed by atoms with Crippen LogP contribution in [0.25, 0.3) is 0 Å². The molecule has 1 heterocycles. The molecular weight excluding hydrogens is 210 g/mol. The van der Waals surface area contributed by atoms with Crippen LogP contribution < -0.4 is 5.32 Å². The Morgan fingerprint density at radius 3 is 2.80 bits per heavy atom. The van der Waals surface area contributed by atoms with E-state index in [2.05, 4.69) is 22.1 Å². The lowest BCUT2D eigenvalue weighted by Crippen LogP contribution is -2.38. The van der Waals surface area contributed by atoms with Crippen molar-refractivity contribution in [3.8, 4) is 0 Å². The summed E-state index contributed by atoms with van der Waals surface area (Å²) in [5.74, 6) is -0.0244. The van der Waals surface area contributed by atoms with E-state index >= 15 is 0 Å². The summed E-state index contributed by atoms with van der Waals surface area (Å²) in [5, 5.41) is 2.90. The first kappa shape index (κ1) is 12.1. The molecular formula is C10H17N3OS. The second kappa shape index (κ2) is 5.23. The van der Waals surface area contributed by atoms with Gasteiger partial charge in [0.25, 0.3) is 5.91 Å². The third-order valence-electron chi connectivity index (χ3n) is 2.39. The van der Waals surface area contributed by atoms with Gasteiger partial charge in [-0.1, -0.05) is 0 Å². The number of aryl methyl sites for hydroxylation is 1. The first-order chi connectivity index (χ1) is 7.02. The molecule has 1 atom stereocenters. The minimum Gasteiger partial charge on any atom is -0.350 e. The van der Waals surface area contributed by atoms with Gasteiger partial charge in [-0.3, -0.25) is 4.79 Å². The van der Waals surface area contributed by atoms with Crippen LogP contribution in [0.1, 0.15) is 22.3 Å². The Kier molecular flexibility index (Phi) is 4.23. The smallest absolute Gasteiger partial charge is 0.263 e. The van der Waals surface area contributed by atoms with E-state index in [0.717, 1.165) is 5.69 Å². The summed E-state index contributed by atoms with van der Waals surface area (Å²) in [5.41, 5.74) is 2.50. The summed E-state index contributed by atoms with van der Waals surface area (Å²) in [6.45, 7) is 4.57. The highest BCUT2D eigenvalue weighted by molar-refractivity contribution is 7.11. The second-order valence-electron chi connectivity index (χ2n) is 3.79. The van der Waals surface area contributed by atoms with Gasteiger partial charge >= 0.3 is 0 Å². The van der Waals surface area contributed by atoms with Crippen LogP contribution in [-0.2, 0) is 0 Å². The van der Waals surface area contributed by atoms with E-state index in [4.69, 9.17) is 0 Å². The van der Waals surface area contributed by atoms with Crippen molar-refractivity contribution in [1.29, 1.82) is 0 Å². The summed E-state index contributed by atoms with van der Waals surface area (Å²) in [6, 6.07) is 0.335. The van der Waals surface area contributed by atoms with Crippen molar-refractivity contribution in [1.82, 2.24) is 15.2 Å². The highest BCUT2D eigenvalue weighted by atomic mass is 32.1. The number of aromatic nitrogens is 1. The lowest BCUT2D eigenvalue weighted by atomic mass is 10.3. The van der Waals surface area contributed by atoms with Crippen LogP contribution >= 0.6 is 11.3 Å². The largest absolute Gasteiger partial charge is 0.350 e. The van der Waals surface area contributed by atoms with Crippen molar-refractivity contribution in [2.24, 2.45) is 0 Å². The van der Waals surface area contributed by atoms with Gasteiger partial charge in [-0.25, -0.2) is 4.98 Å². The zero-order valence-corrected chi connectivity index (χ0v) is 10.4. The summed E-state index contributed by atoms with van der Waals surface area (Å²) in [7, 11) is 3.99. The zero-order chi connectivity index (χ0) is 11.4. The maximum atomic E-state index is 11.7. The fourth-order valence-corrected chi connectivity index (χ4v) is 1.74. The molecule has 0 fully saturated rings. The summed E-state index contributed by atoms with van der Waals surface area (Å²) < 4.78 is 0. The summed E-state index contributed by atoms with van der Waals surface area (Å²) in [6.07, 6.45) is 0. The van der Waals surface area contributed by atoms with Crippen molar-refractivity contribution in [2.45, 2.75) is 19.9 Å². The highest BCUT2D eigenvalue weighted by Gasteiger charge is 2.12. The standard InChI is InChI=1S/C10H17N3OS/c1-7(13(3)4)5-11-10(14)9-8(2)12-6-15-9/h6-7H,5H2,1-4H3,(H,11,14). The van der Waals surface area contributed by atoms with Crippen molar-refractivity contribution in [3.63, 3.8) is 0 Å². The van der Waals surface area contributed by atoms with E-state index < -0.39 is 0 Å². The molecule has 0 bridgehead atoms. The molecule has 1 amide bonds. The summed E-state index contributed by atoms with van der Waals surface area (Å²) in [4.78, 5) is 18.5. The molecule has 0 aliphatic heterocycles. The zero-order valence-electron chi connectivity index (χ0n) is 9.57. The maximum absolute atomic E-state index is 11.7. The normalized spacial score (nSPS) is 12.9. The quantitative estimate of drug-likeness (QED) is 0.838. The molecule has 1 aromatic rings. The van der Waals surface area contributed by atoms with Gasteiger partial charge in [-0.2, -0.15) is 0 Å². The van der Waals surface area contributed by atoms with Crippen LogP contribution in [0.3, 0.4) is 0 Å². The number of rotatable bonds is 4. The lowest BCUT2D eigenvalue weighted by molar-refractivity contribution is 0.0947. The molecule has 1 rings (SSSR count). The van der Waals surface area contributed by atoms with E-state index in [-0.39, 0.29) is 5.91 Å². The topological polar surface area (TPSA) is 45.2 Å². The number of carbonyl (C=O) groups is 1. The van der Waals surface area contributed by atoms with E-state index in [9.17, 15) is 4.79 Å². The fourth-order valence-electron chi connectivity index (χ4n) is 1.02. The third-order valence-corrected chi connectivity index (χ3v) is 3.32. The molecule has 0 aliphatic rings. The number of thiazole rings is 1. The molecule has 4 nitrogen and oxygen atoms in total. The molecule has 0 saturated carbocycles. The molecule has 5 heteroatoms. The van der Waals surface area contributed by atoms with E-state index in [1.165, 1.54) is 11.3 Å². The molecule has 1 aromatic heterocycles. The van der Waals surface area contributed by atoms with Gasteiger partial charge in [0, 0.05) is 12.6 Å². The Hall–Kier alpha value is -0.940. The van der Waals surface area contributed by atoms with Gasteiger partial charge in [0.2, 0.25) is 0 Å². The maximum Gasteiger partial charge on any atom is 0.263 e. The van der Waals surface area contributed by atoms with Gasteiger partial charge in [0.1, 0.15) is 4.88 Å². The molecule has 1 N–H and O–H groups in total. The Bertz CT molecular complexity index is 335. The number of amides is 1. The minimum atomic E-state index is -0.0244.